The van der Waals surface area contributed by atoms with Gasteiger partial charge in [0.05, 0.1) is 6.10 Å². The third-order valence-electron chi connectivity index (χ3n) is 3.43. The number of aliphatic hydroxyl groups excluding tert-OH is 1. The molecule has 92 valence electrons. The maximum absolute atomic E-state index is 12.2. The van der Waals surface area contributed by atoms with Crippen molar-refractivity contribution < 1.29 is 19.4 Å². The number of hydrogen-bond donors (Lipinski definition) is 1. The number of ketones is 2. The monoisotopic (exact) mass is 244 g/mol. The van der Waals surface area contributed by atoms with Crippen LogP contribution in [0.4, 0.5) is 0 Å². The smallest absolute Gasteiger partial charge is 0.228 e. The summed E-state index contributed by atoms with van der Waals surface area (Å²) in [5.74, 6) is -0.374. The van der Waals surface area contributed by atoms with Crippen LogP contribution in [0.25, 0.3) is 0 Å². The number of Topliss-reactive ketones (excluding diaryl/α,β-unsaturated/α-hetero) is 2. The Morgan fingerprint density at radius 1 is 1.17 bits per heavy atom. The summed E-state index contributed by atoms with van der Waals surface area (Å²) in [5, 5.41) is 9.75. The van der Waals surface area contributed by atoms with Crippen molar-refractivity contribution in [2.75, 3.05) is 0 Å². The van der Waals surface area contributed by atoms with Crippen molar-refractivity contribution in [1.82, 2.24) is 0 Å². The maximum atomic E-state index is 12.2. The first-order chi connectivity index (χ1) is 8.59. The van der Waals surface area contributed by atoms with E-state index in [0.717, 1.165) is 0 Å². The standard InChI is InChI=1S/C14H12O4/c1-7-11(15)6-10-12(16)8-4-2-3-5-9(8)13(17)14(10)18-7/h2-5,7,11,15H,6H2,1H3/t7-,11+/m1/s1. The van der Waals surface area contributed by atoms with E-state index in [1.54, 1.807) is 31.2 Å². The van der Waals surface area contributed by atoms with Gasteiger partial charge in [-0.25, -0.2) is 0 Å². The topological polar surface area (TPSA) is 63.6 Å². The summed E-state index contributed by atoms with van der Waals surface area (Å²) in [6, 6.07) is 6.69. The SMILES string of the molecule is C[C@H]1OC2=C(C[C@@H]1O)C(=O)c1ccccc1C2=O. The van der Waals surface area contributed by atoms with Crippen LogP contribution in [0.5, 0.6) is 0 Å². The van der Waals surface area contributed by atoms with Crippen molar-refractivity contribution in [2.45, 2.75) is 25.6 Å². The van der Waals surface area contributed by atoms with E-state index in [2.05, 4.69) is 0 Å². The summed E-state index contributed by atoms with van der Waals surface area (Å²) >= 11 is 0. The molecule has 3 rings (SSSR count). The third kappa shape index (κ3) is 1.42. The van der Waals surface area contributed by atoms with Gasteiger partial charge in [0.15, 0.2) is 11.5 Å². The maximum Gasteiger partial charge on any atom is 0.228 e. The van der Waals surface area contributed by atoms with Gasteiger partial charge in [-0.2, -0.15) is 0 Å². The molecule has 1 aliphatic carbocycles. The predicted octanol–water partition coefficient (Wildman–Crippen LogP) is 1.49. The summed E-state index contributed by atoms with van der Waals surface area (Å²) in [6.45, 7) is 1.69. The van der Waals surface area contributed by atoms with Gasteiger partial charge in [0.2, 0.25) is 5.78 Å². The predicted molar refractivity (Wildman–Crippen MR) is 63.3 cm³/mol. The van der Waals surface area contributed by atoms with Crippen LogP contribution in [0.2, 0.25) is 0 Å². The minimum absolute atomic E-state index is 0.108. The second-order valence-electron chi connectivity index (χ2n) is 4.61. The molecule has 2 aliphatic rings. The number of allylic oxidation sites excluding steroid dienone is 1. The molecular formula is C14H12O4. The van der Waals surface area contributed by atoms with E-state index in [1.165, 1.54) is 0 Å². The molecule has 4 nitrogen and oxygen atoms in total. The lowest BCUT2D eigenvalue weighted by atomic mass is 9.84. The molecule has 0 saturated heterocycles. The molecule has 0 fully saturated rings. The zero-order chi connectivity index (χ0) is 12.9. The highest BCUT2D eigenvalue weighted by molar-refractivity contribution is 6.26. The Morgan fingerprint density at radius 3 is 2.44 bits per heavy atom. The van der Waals surface area contributed by atoms with Gasteiger partial charge >= 0.3 is 0 Å². The average Bonchev–Trinajstić information content (AvgIpc) is 2.38. The minimum Gasteiger partial charge on any atom is -0.483 e. The van der Waals surface area contributed by atoms with Crippen LogP contribution in [0.1, 0.15) is 34.1 Å². The van der Waals surface area contributed by atoms with Crippen LogP contribution in [0.15, 0.2) is 35.6 Å². The molecule has 0 unspecified atom stereocenters. The second kappa shape index (κ2) is 3.78. The third-order valence-corrected chi connectivity index (χ3v) is 3.43. The molecule has 18 heavy (non-hydrogen) atoms. The first kappa shape index (κ1) is 11.2. The molecule has 0 saturated carbocycles. The summed E-state index contributed by atoms with van der Waals surface area (Å²) in [5.41, 5.74) is 1.07. The fourth-order valence-corrected chi connectivity index (χ4v) is 2.35. The fourth-order valence-electron chi connectivity index (χ4n) is 2.35. The highest BCUT2D eigenvalue weighted by Gasteiger charge is 2.39. The van der Waals surface area contributed by atoms with Crippen molar-refractivity contribution in [3.05, 3.63) is 46.7 Å². The van der Waals surface area contributed by atoms with E-state index in [9.17, 15) is 14.7 Å². The van der Waals surface area contributed by atoms with Crippen molar-refractivity contribution in [3.63, 3.8) is 0 Å². The summed E-state index contributed by atoms with van der Waals surface area (Å²) in [6.07, 6.45) is -1.04. The van der Waals surface area contributed by atoms with E-state index in [4.69, 9.17) is 4.74 Å². The normalized spacial score (nSPS) is 26.6. The summed E-state index contributed by atoms with van der Waals surface area (Å²) in [7, 11) is 0. The lowest BCUT2D eigenvalue weighted by Crippen LogP contribution is -2.37. The molecule has 1 aromatic carbocycles. The zero-order valence-corrected chi connectivity index (χ0v) is 9.84. The molecule has 0 radical (unpaired) electrons. The quantitative estimate of drug-likeness (QED) is 0.751. The van der Waals surface area contributed by atoms with Crippen LogP contribution >= 0.6 is 0 Å². The van der Waals surface area contributed by atoms with E-state index >= 15 is 0 Å². The van der Waals surface area contributed by atoms with E-state index in [1.807, 2.05) is 0 Å². The highest BCUT2D eigenvalue weighted by atomic mass is 16.5. The van der Waals surface area contributed by atoms with Gasteiger partial charge in [-0.05, 0) is 6.92 Å². The average molecular weight is 244 g/mol. The van der Waals surface area contributed by atoms with Crippen molar-refractivity contribution in [3.8, 4) is 0 Å². The second-order valence-corrected chi connectivity index (χ2v) is 4.61. The highest BCUT2D eigenvalue weighted by Crippen LogP contribution is 2.34. The van der Waals surface area contributed by atoms with Crippen LogP contribution in [0.3, 0.4) is 0 Å². The number of fused-ring (bicyclic) bond motifs is 1. The number of benzene rings is 1. The van der Waals surface area contributed by atoms with Crippen LogP contribution in [0, 0.1) is 0 Å². The van der Waals surface area contributed by atoms with Gasteiger partial charge in [0.1, 0.15) is 6.10 Å². The van der Waals surface area contributed by atoms with Crippen molar-refractivity contribution >= 4 is 11.6 Å². The largest absolute Gasteiger partial charge is 0.483 e. The lowest BCUT2D eigenvalue weighted by Gasteiger charge is -2.31. The Kier molecular flexibility index (Phi) is 2.35. The molecule has 4 heteroatoms. The molecule has 0 bridgehead atoms. The summed E-state index contributed by atoms with van der Waals surface area (Å²) < 4.78 is 5.40. The van der Waals surface area contributed by atoms with E-state index in [0.29, 0.717) is 16.7 Å². The van der Waals surface area contributed by atoms with Crippen LogP contribution < -0.4 is 0 Å². The van der Waals surface area contributed by atoms with Gasteiger partial charge in [-0.3, -0.25) is 9.59 Å². The van der Waals surface area contributed by atoms with Crippen LogP contribution in [-0.4, -0.2) is 28.9 Å². The molecule has 1 heterocycles. The van der Waals surface area contributed by atoms with Crippen molar-refractivity contribution in [2.24, 2.45) is 0 Å². The fraction of sp³-hybridized carbons (Fsp3) is 0.286. The molecular weight excluding hydrogens is 232 g/mol. The first-order valence-corrected chi connectivity index (χ1v) is 5.86. The van der Waals surface area contributed by atoms with Gasteiger partial charge < -0.3 is 9.84 Å². The Balaban J connectivity index is 2.16. The number of rotatable bonds is 0. The van der Waals surface area contributed by atoms with Gasteiger partial charge in [-0.1, -0.05) is 24.3 Å². The van der Waals surface area contributed by atoms with Gasteiger partial charge in [-0.15, -0.1) is 0 Å². The molecule has 0 amide bonds. The number of hydrogen-bond acceptors (Lipinski definition) is 4. The molecule has 1 aromatic rings. The molecule has 1 aliphatic heterocycles. The number of carbonyl (C=O) groups is 2. The minimum atomic E-state index is -0.745. The number of aliphatic hydroxyl groups is 1. The molecule has 0 aromatic heterocycles. The molecule has 1 N–H and O–H groups in total. The number of ether oxygens (including phenoxy) is 1. The Labute approximate surface area is 104 Å². The molecule has 0 spiro atoms. The Morgan fingerprint density at radius 2 is 1.78 bits per heavy atom. The van der Waals surface area contributed by atoms with Gasteiger partial charge in [0, 0.05) is 23.1 Å². The zero-order valence-electron chi connectivity index (χ0n) is 9.84. The number of carbonyl (C=O) groups excluding carboxylic acids is 2. The Hall–Kier alpha value is -1.94. The lowest BCUT2D eigenvalue weighted by molar-refractivity contribution is -0.00882. The van der Waals surface area contributed by atoms with E-state index < -0.39 is 12.2 Å². The summed E-state index contributed by atoms with van der Waals surface area (Å²) in [4.78, 5) is 24.5. The van der Waals surface area contributed by atoms with E-state index in [-0.39, 0.29) is 23.7 Å². The Bertz CT molecular complexity index is 534. The molecule has 2 atom stereocenters. The van der Waals surface area contributed by atoms with Gasteiger partial charge in [0.25, 0.3) is 0 Å². The van der Waals surface area contributed by atoms with Crippen LogP contribution in [-0.2, 0) is 4.74 Å². The van der Waals surface area contributed by atoms with Crippen molar-refractivity contribution in [1.29, 1.82) is 0 Å². The first-order valence-electron chi connectivity index (χ1n) is 5.86.